The van der Waals surface area contributed by atoms with Crippen molar-refractivity contribution in [2.75, 3.05) is 6.26 Å². The standard InChI is InChI=1S/C6H6N2S2/c1-9-5-2-4-3-7-8-6(4)10-5/h2-3H,1H3,(H,7,8). The van der Waals surface area contributed by atoms with E-state index >= 15 is 0 Å². The van der Waals surface area contributed by atoms with Gasteiger partial charge in [-0.1, -0.05) is 0 Å². The first kappa shape index (κ1) is 6.24. The maximum absolute atomic E-state index is 3.91. The Kier molecular flexibility index (Phi) is 1.43. The van der Waals surface area contributed by atoms with Crippen LogP contribution in [-0.4, -0.2) is 16.5 Å². The second kappa shape index (κ2) is 2.29. The molecule has 0 amide bonds. The summed E-state index contributed by atoms with van der Waals surface area (Å²) in [6.45, 7) is 0. The minimum atomic E-state index is 1.17. The van der Waals surface area contributed by atoms with Crippen LogP contribution in [0.4, 0.5) is 0 Å². The molecule has 0 aliphatic carbocycles. The van der Waals surface area contributed by atoms with Gasteiger partial charge in [-0.05, 0) is 12.3 Å². The van der Waals surface area contributed by atoms with Crippen molar-refractivity contribution < 1.29 is 0 Å². The smallest absolute Gasteiger partial charge is 0.119 e. The monoisotopic (exact) mass is 170 g/mol. The van der Waals surface area contributed by atoms with Crippen molar-refractivity contribution in [2.24, 2.45) is 0 Å². The van der Waals surface area contributed by atoms with Gasteiger partial charge in [0.25, 0.3) is 0 Å². The number of rotatable bonds is 1. The molecule has 2 heterocycles. The molecule has 52 valence electrons. The molecule has 0 aromatic carbocycles. The van der Waals surface area contributed by atoms with E-state index in [0.29, 0.717) is 0 Å². The summed E-state index contributed by atoms with van der Waals surface area (Å²) < 4.78 is 1.34. The highest BCUT2D eigenvalue weighted by Gasteiger charge is 2.00. The first-order valence-corrected chi connectivity index (χ1v) is 4.91. The highest BCUT2D eigenvalue weighted by molar-refractivity contribution is 8.00. The molecule has 0 atom stereocenters. The van der Waals surface area contributed by atoms with E-state index < -0.39 is 0 Å². The van der Waals surface area contributed by atoms with Gasteiger partial charge in [-0.15, -0.1) is 23.1 Å². The number of hydrogen-bond donors (Lipinski definition) is 1. The Hall–Kier alpha value is -0.480. The van der Waals surface area contributed by atoms with Crippen LogP contribution in [0.25, 0.3) is 10.2 Å². The van der Waals surface area contributed by atoms with E-state index in [9.17, 15) is 0 Å². The molecule has 0 spiro atoms. The van der Waals surface area contributed by atoms with Gasteiger partial charge in [0.1, 0.15) is 4.83 Å². The van der Waals surface area contributed by atoms with Crippen molar-refractivity contribution in [3.63, 3.8) is 0 Å². The molecular formula is C6H6N2S2. The van der Waals surface area contributed by atoms with E-state index in [4.69, 9.17) is 0 Å². The fourth-order valence-electron chi connectivity index (χ4n) is 0.826. The van der Waals surface area contributed by atoms with Crippen LogP contribution in [0.15, 0.2) is 16.5 Å². The topological polar surface area (TPSA) is 28.7 Å². The SMILES string of the molecule is CSc1cc2cn[nH]c2s1. The fourth-order valence-corrected chi connectivity index (χ4v) is 2.37. The van der Waals surface area contributed by atoms with Gasteiger partial charge in [-0.2, -0.15) is 5.10 Å². The average molecular weight is 170 g/mol. The molecule has 4 heteroatoms. The van der Waals surface area contributed by atoms with E-state index in [2.05, 4.69) is 22.5 Å². The van der Waals surface area contributed by atoms with Gasteiger partial charge in [-0.3, -0.25) is 5.10 Å². The number of thiophene rings is 1. The second-order valence-electron chi connectivity index (χ2n) is 1.92. The number of hydrogen-bond acceptors (Lipinski definition) is 3. The molecule has 10 heavy (non-hydrogen) atoms. The zero-order chi connectivity index (χ0) is 6.97. The van der Waals surface area contributed by atoms with Crippen LogP contribution in [0, 0.1) is 0 Å². The molecule has 0 aliphatic heterocycles. The third kappa shape index (κ3) is 0.839. The lowest BCUT2D eigenvalue weighted by Crippen LogP contribution is -1.58. The van der Waals surface area contributed by atoms with Crippen LogP contribution < -0.4 is 0 Å². The third-order valence-electron chi connectivity index (χ3n) is 1.31. The lowest BCUT2D eigenvalue weighted by atomic mass is 10.5. The molecule has 2 rings (SSSR count). The molecule has 1 N–H and O–H groups in total. The average Bonchev–Trinajstić information content (AvgIpc) is 2.42. The van der Waals surface area contributed by atoms with E-state index in [1.807, 2.05) is 6.20 Å². The van der Waals surface area contributed by atoms with E-state index in [1.54, 1.807) is 23.1 Å². The molecule has 0 bridgehead atoms. The van der Waals surface area contributed by atoms with Crippen molar-refractivity contribution in [3.05, 3.63) is 12.3 Å². The molecule has 2 aromatic heterocycles. The number of fused-ring (bicyclic) bond motifs is 1. The molecular weight excluding hydrogens is 164 g/mol. The first-order chi connectivity index (χ1) is 4.90. The summed E-state index contributed by atoms with van der Waals surface area (Å²) in [7, 11) is 0. The Bertz CT molecular complexity index is 307. The van der Waals surface area contributed by atoms with Crippen LogP contribution in [0.3, 0.4) is 0 Å². The Morgan fingerprint density at radius 1 is 1.70 bits per heavy atom. The van der Waals surface area contributed by atoms with Gasteiger partial charge >= 0.3 is 0 Å². The van der Waals surface area contributed by atoms with Crippen LogP contribution in [0.2, 0.25) is 0 Å². The van der Waals surface area contributed by atoms with Crippen LogP contribution in [0.5, 0.6) is 0 Å². The fraction of sp³-hybridized carbons (Fsp3) is 0.167. The van der Waals surface area contributed by atoms with Crippen molar-refractivity contribution in [1.82, 2.24) is 10.2 Å². The van der Waals surface area contributed by atoms with Crippen LogP contribution in [0.1, 0.15) is 0 Å². The lowest BCUT2D eigenvalue weighted by molar-refractivity contribution is 1.12. The van der Waals surface area contributed by atoms with Crippen molar-refractivity contribution in [1.29, 1.82) is 0 Å². The zero-order valence-electron chi connectivity index (χ0n) is 5.42. The molecule has 2 nitrogen and oxygen atoms in total. The molecule has 0 unspecified atom stereocenters. The lowest BCUT2D eigenvalue weighted by Gasteiger charge is -1.80. The predicted octanol–water partition coefficient (Wildman–Crippen LogP) is 2.35. The number of aromatic nitrogens is 2. The van der Waals surface area contributed by atoms with Crippen molar-refractivity contribution >= 4 is 33.3 Å². The van der Waals surface area contributed by atoms with E-state index in [-0.39, 0.29) is 0 Å². The maximum atomic E-state index is 3.91. The van der Waals surface area contributed by atoms with Gasteiger partial charge in [0.2, 0.25) is 0 Å². The molecule has 0 aliphatic rings. The Labute approximate surface area is 66.6 Å². The Morgan fingerprint density at radius 3 is 3.30 bits per heavy atom. The minimum absolute atomic E-state index is 1.17. The molecule has 0 saturated carbocycles. The van der Waals surface area contributed by atoms with Gasteiger partial charge in [0.05, 0.1) is 10.4 Å². The normalized spacial score (nSPS) is 10.9. The molecule has 0 radical (unpaired) electrons. The highest BCUT2D eigenvalue weighted by Crippen LogP contribution is 2.29. The summed E-state index contributed by atoms with van der Waals surface area (Å²) in [5.41, 5.74) is 0. The number of H-pyrrole nitrogens is 1. The maximum Gasteiger partial charge on any atom is 0.119 e. The Balaban J connectivity index is 2.67. The summed E-state index contributed by atoms with van der Waals surface area (Å²) in [5, 5.41) is 8.06. The quantitative estimate of drug-likeness (QED) is 0.665. The zero-order valence-corrected chi connectivity index (χ0v) is 7.05. The number of nitrogens with zero attached hydrogens (tertiary/aromatic N) is 1. The van der Waals surface area contributed by atoms with Gasteiger partial charge < -0.3 is 0 Å². The predicted molar refractivity (Wildman–Crippen MR) is 45.8 cm³/mol. The molecule has 2 aromatic rings. The van der Waals surface area contributed by atoms with Crippen LogP contribution in [-0.2, 0) is 0 Å². The van der Waals surface area contributed by atoms with Gasteiger partial charge in [-0.25, -0.2) is 0 Å². The van der Waals surface area contributed by atoms with Crippen molar-refractivity contribution in [3.8, 4) is 0 Å². The summed E-state index contributed by atoms with van der Waals surface area (Å²) in [5.74, 6) is 0. The van der Waals surface area contributed by atoms with E-state index in [1.165, 1.54) is 14.4 Å². The summed E-state index contributed by atoms with van der Waals surface area (Å²) >= 11 is 3.52. The minimum Gasteiger partial charge on any atom is -0.268 e. The number of thioether (sulfide) groups is 1. The molecule has 0 saturated heterocycles. The van der Waals surface area contributed by atoms with Gasteiger partial charge in [0.15, 0.2) is 0 Å². The van der Waals surface area contributed by atoms with Gasteiger partial charge in [0, 0.05) is 5.39 Å². The summed E-state index contributed by atoms with van der Waals surface area (Å²) in [6.07, 6.45) is 3.93. The largest absolute Gasteiger partial charge is 0.268 e. The Morgan fingerprint density at radius 2 is 2.60 bits per heavy atom. The second-order valence-corrected chi connectivity index (χ2v) is 4.08. The number of nitrogens with one attached hydrogen (secondary N) is 1. The molecule has 0 fully saturated rings. The summed E-state index contributed by atoms with van der Waals surface area (Å²) in [6, 6.07) is 2.15. The third-order valence-corrected chi connectivity index (χ3v) is 3.43. The first-order valence-electron chi connectivity index (χ1n) is 2.87. The van der Waals surface area contributed by atoms with E-state index in [0.717, 1.165) is 0 Å². The summed E-state index contributed by atoms with van der Waals surface area (Å²) in [4.78, 5) is 1.17. The number of aromatic amines is 1. The van der Waals surface area contributed by atoms with Crippen molar-refractivity contribution in [2.45, 2.75) is 4.21 Å². The highest BCUT2D eigenvalue weighted by atomic mass is 32.2. The van der Waals surface area contributed by atoms with Crippen LogP contribution >= 0.6 is 23.1 Å².